The number of hydrogen-bond donors (Lipinski definition) is 0. The molecule has 0 radical (unpaired) electrons. The fourth-order valence-corrected chi connectivity index (χ4v) is 3.97. The van der Waals surface area contributed by atoms with Gasteiger partial charge in [0.2, 0.25) is 0 Å². The molecule has 6 heteroatoms. The molecule has 0 bridgehead atoms. The summed E-state index contributed by atoms with van der Waals surface area (Å²) in [6.45, 7) is 3.84. The first-order valence-electron chi connectivity index (χ1n) is 10.2. The van der Waals surface area contributed by atoms with Crippen LogP contribution in [0.1, 0.15) is 48.0 Å². The van der Waals surface area contributed by atoms with E-state index in [9.17, 15) is 9.59 Å². The Balaban J connectivity index is 1.69. The summed E-state index contributed by atoms with van der Waals surface area (Å²) >= 11 is 0. The molecule has 1 aliphatic carbocycles. The van der Waals surface area contributed by atoms with Gasteiger partial charge in [-0.3, -0.25) is 23.7 Å². The van der Waals surface area contributed by atoms with Crippen LogP contribution < -0.4 is 11.0 Å². The van der Waals surface area contributed by atoms with Crippen molar-refractivity contribution in [3.8, 4) is 0 Å². The maximum absolute atomic E-state index is 13.1. The normalized spacial score (nSPS) is 15.7. The Morgan fingerprint density at radius 2 is 1.97 bits per heavy atom. The number of carbonyl (C=O) groups excluding carboxylic acids is 1. The number of aryl methyl sites for hydroxylation is 2. The van der Waals surface area contributed by atoms with Gasteiger partial charge in [0.1, 0.15) is 12.0 Å². The minimum atomic E-state index is -0.203. The van der Waals surface area contributed by atoms with E-state index in [-0.39, 0.29) is 24.1 Å². The SMILES string of the molecule is Cc1ccn(C(=O)Cn2cnc3c(C)cccc3c2=O)c(=NC2CCCCC2)c1. The van der Waals surface area contributed by atoms with Crippen LogP contribution in [-0.2, 0) is 6.54 Å². The van der Waals surface area contributed by atoms with Crippen LogP contribution in [0.3, 0.4) is 0 Å². The zero-order chi connectivity index (χ0) is 20.4. The van der Waals surface area contributed by atoms with Gasteiger partial charge in [0.05, 0.1) is 23.3 Å². The van der Waals surface area contributed by atoms with Crippen LogP contribution in [0.25, 0.3) is 10.9 Å². The maximum Gasteiger partial charge on any atom is 0.261 e. The molecule has 0 aliphatic heterocycles. The first kappa shape index (κ1) is 19.3. The van der Waals surface area contributed by atoms with E-state index in [1.165, 1.54) is 30.2 Å². The van der Waals surface area contributed by atoms with Gasteiger partial charge in [-0.05, 0) is 56.0 Å². The Hall–Kier alpha value is -3.02. The quantitative estimate of drug-likeness (QED) is 0.688. The minimum absolute atomic E-state index is 0.0728. The molecule has 0 atom stereocenters. The highest BCUT2D eigenvalue weighted by molar-refractivity contribution is 5.82. The summed E-state index contributed by atoms with van der Waals surface area (Å²) in [5, 5.41) is 0.529. The number of fused-ring (bicyclic) bond motifs is 1. The predicted octanol–water partition coefficient (Wildman–Crippen LogP) is 3.39. The van der Waals surface area contributed by atoms with Gasteiger partial charge in [0.15, 0.2) is 0 Å². The molecule has 0 spiro atoms. The lowest BCUT2D eigenvalue weighted by Crippen LogP contribution is -2.34. The molecule has 0 N–H and O–H groups in total. The summed E-state index contributed by atoms with van der Waals surface area (Å²) in [4.78, 5) is 35.2. The van der Waals surface area contributed by atoms with Crippen molar-refractivity contribution in [3.05, 3.63) is 69.8 Å². The van der Waals surface area contributed by atoms with Gasteiger partial charge in [-0.25, -0.2) is 4.98 Å². The molecular formula is C23H26N4O2. The van der Waals surface area contributed by atoms with Gasteiger partial charge >= 0.3 is 0 Å². The highest BCUT2D eigenvalue weighted by atomic mass is 16.2. The van der Waals surface area contributed by atoms with Crippen LogP contribution >= 0.6 is 0 Å². The lowest BCUT2D eigenvalue weighted by atomic mass is 9.96. The van der Waals surface area contributed by atoms with Crippen LogP contribution in [0.2, 0.25) is 0 Å². The topological polar surface area (TPSA) is 69.2 Å². The second-order valence-electron chi connectivity index (χ2n) is 7.90. The Bertz CT molecular complexity index is 1180. The summed E-state index contributed by atoms with van der Waals surface area (Å²) in [6, 6.07) is 9.60. The van der Waals surface area contributed by atoms with E-state index in [1.54, 1.807) is 16.8 Å². The summed E-state index contributed by atoms with van der Waals surface area (Å²) in [7, 11) is 0. The Labute approximate surface area is 169 Å². The third kappa shape index (κ3) is 4.06. The molecule has 4 rings (SSSR count). The van der Waals surface area contributed by atoms with Crippen molar-refractivity contribution in [1.82, 2.24) is 14.1 Å². The maximum atomic E-state index is 13.1. The monoisotopic (exact) mass is 390 g/mol. The van der Waals surface area contributed by atoms with Gasteiger partial charge in [-0.1, -0.05) is 31.4 Å². The first-order chi connectivity index (χ1) is 14.0. The second kappa shape index (κ2) is 8.15. The highest BCUT2D eigenvalue weighted by Crippen LogP contribution is 2.19. The standard InChI is InChI=1S/C23H26N4O2/c1-16-11-12-27(20(13-16)25-18-8-4-3-5-9-18)21(28)14-26-15-24-22-17(2)7-6-10-19(22)23(26)29/h6-7,10-13,15,18H,3-5,8-9,14H2,1-2H3. The molecule has 0 saturated heterocycles. The van der Waals surface area contributed by atoms with Crippen molar-refractivity contribution in [2.24, 2.45) is 4.99 Å². The van der Waals surface area contributed by atoms with E-state index in [0.717, 1.165) is 24.0 Å². The van der Waals surface area contributed by atoms with Crippen LogP contribution in [0.4, 0.5) is 0 Å². The molecule has 150 valence electrons. The van der Waals surface area contributed by atoms with Gasteiger partial charge in [0.25, 0.3) is 11.5 Å². The fourth-order valence-electron chi connectivity index (χ4n) is 3.97. The smallest absolute Gasteiger partial charge is 0.261 e. The first-order valence-corrected chi connectivity index (χ1v) is 10.2. The van der Waals surface area contributed by atoms with E-state index in [0.29, 0.717) is 16.4 Å². The van der Waals surface area contributed by atoms with E-state index in [1.807, 2.05) is 38.1 Å². The third-order valence-corrected chi connectivity index (χ3v) is 5.61. The lowest BCUT2D eigenvalue weighted by molar-refractivity contribution is 0.0883. The molecule has 1 aromatic carbocycles. The second-order valence-corrected chi connectivity index (χ2v) is 7.90. The zero-order valence-electron chi connectivity index (χ0n) is 17.0. The van der Waals surface area contributed by atoms with E-state index >= 15 is 0 Å². The van der Waals surface area contributed by atoms with Gasteiger partial charge < -0.3 is 0 Å². The molecule has 2 heterocycles. The van der Waals surface area contributed by atoms with E-state index in [2.05, 4.69) is 4.98 Å². The van der Waals surface area contributed by atoms with Gasteiger partial charge in [-0.15, -0.1) is 0 Å². The molecule has 1 aliphatic rings. The molecular weight excluding hydrogens is 364 g/mol. The molecule has 3 aromatic rings. The van der Waals surface area contributed by atoms with Crippen molar-refractivity contribution < 1.29 is 4.79 Å². The molecule has 1 saturated carbocycles. The number of hydrogen-bond acceptors (Lipinski definition) is 4. The number of rotatable bonds is 3. The summed E-state index contributed by atoms with van der Waals surface area (Å²) in [6.07, 6.45) is 8.98. The number of carbonyl (C=O) groups is 1. The Morgan fingerprint density at radius 1 is 1.17 bits per heavy atom. The van der Waals surface area contributed by atoms with E-state index < -0.39 is 0 Å². The average Bonchev–Trinajstić information content (AvgIpc) is 2.71. The average molecular weight is 390 g/mol. The number of pyridine rings is 1. The summed E-state index contributed by atoms with van der Waals surface area (Å²) in [5.41, 5.74) is 3.14. The molecule has 0 amide bonds. The lowest BCUT2D eigenvalue weighted by Gasteiger charge is -2.18. The summed E-state index contributed by atoms with van der Waals surface area (Å²) in [5.74, 6) is -0.199. The zero-order valence-corrected chi connectivity index (χ0v) is 17.0. The number of aromatic nitrogens is 3. The van der Waals surface area contributed by atoms with Gasteiger partial charge in [0, 0.05) is 6.20 Å². The van der Waals surface area contributed by atoms with Gasteiger partial charge in [-0.2, -0.15) is 0 Å². The van der Waals surface area contributed by atoms with Crippen molar-refractivity contribution in [2.75, 3.05) is 0 Å². The molecule has 2 aromatic heterocycles. The van der Waals surface area contributed by atoms with Crippen molar-refractivity contribution in [2.45, 2.75) is 58.5 Å². The van der Waals surface area contributed by atoms with Crippen molar-refractivity contribution in [3.63, 3.8) is 0 Å². The predicted molar refractivity (Wildman–Crippen MR) is 113 cm³/mol. The van der Waals surface area contributed by atoms with Crippen LogP contribution in [-0.4, -0.2) is 26.1 Å². The van der Waals surface area contributed by atoms with Crippen LogP contribution in [0.5, 0.6) is 0 Å². The number of benzene rings is 1. The minimum Gasteiger partial charge on any atom is -0.289 e. The molecule has 1 fully saturated rings. The fraction of sp³-hybridized carbons (Fsp3) is 0.391. The Kier molecular flexibility index (Phi) is 5.43. The van der Waals surface area contributed by atoms with Crippen LogP contribution in [0, 0.1) is 13.8 Å². The highest BCUT2D eigenvalue weighted by Gasteiger charge is 2.14. The van der Waals surface area contributed by atoms with Crippen molar-refractivity contribution >= 4 is 16.8 Å². The molecule has 29 heavy (non-hydrogen) atoms. The third-order valence-electron chi connectivity index (χ3n) is 5.61. The number of para-hydroxylation sites is 1. The largest absolute Gasteiger partial charge is 0.289 e. The molecule has 6 nitrogen and oxygen atoms in total. The van der Waals surface area contributed by atoms with Crippen molar-refractivity contribution in [1.29, 1.82) is 0 Å². The van der Waals surface area contributed by atoms with Crippen LogP contribution in [0.15, 0.2) is 52.6 Å². The number of nitrogens with zero attached hydrogens (tertiary/aromatic N) is 4. The summed E-state index contributed by atoms with van der Waals surface area (Å²) < 4.78 is 2.94. The Morgan fingerprint density at radius 3 is 2.76 bits per heavy atom. The molecule has 0 unspecified atom stereocenters. The van der Waals surface area contributed by atoms with E-state index in [4.69, 9.17) is 4.99 Å².